The van der Waals surface area contributed by atoms with E-state index in [-0.39, 0.29) is 11.9 Å². The second-order valence-corrected chi connectivity index (χ2v) is 6.02. The van der Waals surface area contributed by atoms with Crippen LogP contribution in [0.1, 0.15) is 36.8 Å². The Morgan fingerprint density at radius 2 is 2.19 bits per heavy atom. The number of hydrogen-bond donors (Lipinski definition) is 1. The van der Waals surface area contributed by atoms with Gasteiger partial charge in [-0.1, -0.05) is 19.9 Å². The quantitative estimate of drug-likeness (QED) is 0.888. The lowest BCUT2D eigenvalue weighted by Crippen LogP contribution is -2.36. The molecule has 0 aliphatic carbocycles. The van der Waals surface area contributed by atoms with Gasteiger partial charge in [-0.15, -0.1) is 11.3 Å². The predicted molar refractivity (Wildman–Crippen MR) is 84.7 cm³/mol. The highest BCUT2D eigenvalue weighted by Gasteiger charge is 2.13. The Morgan fingerprint density at radius 3 is 2.86 bits per heavy atom. The Bertz CT molecular complexity index is 582. The highest BCUT2D eigenvalue weighted by atomic mass is 32.1. The second-order valence-electron chi connectivity index (χ2n) is 5.30. The maximum absolute atomic E-state index is 12.2. The fourth-order valence-corrected chi connectivity index (χ4v) is 2.19. The van der Waals surface area contributed by atoms with E-state index in [9.17, 15) is 4.79 Å². The van der Waals surface area contributed by atoms with Gasteiger partial charge >= 0.3 is 0 Å². The molecule has 0 aliphatic heterocycles. The first-order chi connectivity index (χ1) is 10.1. The van der Waals surface area contributed by atoms with Crippen LogP contribution in [0.5, 0.6) is 5.75 Å². The first-order valence-corrected chi connectivity index (χ1v) is 7.91. The number of aromatic nitrogens is 1. The van der Waals surface area contributed by atoms with Crippen molar-refractivity contribution in [2.24, 2.45) is 5.92 Å². The normalized spacial score (nSPS) is 12.2. The van der Waals surface area contributed by atoms with Crippen LogP contribution in [0.15, 0.2) is 35.2 Å². The van der Waals surface area contributed by atoms with Gasteiger partial charge in [-0.3, -0.25) is 4.79 Å². The smallest absolute Gasteiger partial charge is 0.251 e. The third kappa shape index (κ3) is 4.56. The van der Waals surface area contributed by atoms with Gasteiger partial charge in [0.05, 0.1) is 11.2 Å². The molecule has 0 fully saturated rings. The summed E-state index contributed by atoms with van der Waals surface area (Å²) < 4.78 is 5.66. The van der Waals surface area contributed by atoms with Gasteiger partial charge < -0.3 is 10.1 Å². The lowest BCUT2D eigenvalue weighted by molar-refractivity contribution is 0.0930. The van der Waals surface area contributed by atoms with Crippen molar-refractivity contribution in [3.05, 3.63) is 46.4 Å². The highest BCUT2D eigenvalue weighted by Crippen LogP contribution is 2.16. The van der Waals surface area contributed by atoms with Crippen LogP contribution in [0, 0.1) is 5.92 Å². The van der Waals surface area contributed by atoms with E-state index >= 15 is 0 Å². The third-order valence-electron chi connectivity index (χ3n) is 3.33. The lowest BCUT2D eigenvalue weighted by atomic mass is 10.1. The molecule has 5 heteroatoms. The van der Waals surface area contributed by atoms with E-state index < -0.39 is 0 Å². The van der Waals surface area contributed by atoms with Crippen molar-refractivity contribution < 1.29 is 9.53 Å². The van der Waals surface area contributed by atoms with Crippen molar-refractivity contribution in [3.63, 3.8) is 0 Å². The number of nitrogens with one attached hydrogen (secondary N) is 1. The van der Waals surface area contributed by atoms with Crippen molar-refractivity contribution in [2.75, 3.05) is 0 Å². The van der Waals surface area contributed by atoms with Gasteiger partial charge in [-0.2, -0.15) is 0 Å². The van der Waals surface area contributed by atoms with Gasteiger partial charge in [0.1, 0.15) is 12.4 Å². The standard InChI is InChI=1S/C16H20N2O2S/c1-11(2)12(3)18-16(19)13-5-4-6-15(7-13)20-8-14-9-21-10-17-14/h4-7,9-12H,8H2,1-3H3,(H,18,19)/t12-/m0/s1. The molecule has 1 aromatic heterocycles. The highest BCUT2D eigenvalue weighted by molar-refractivity contribution is 7.07. The molecule has 2 aromatic rings. The minimum Gasteiger partial charge on any atom is -0.487 e. The number of ether oxygens (including phenoxy) is 1. The SMILES string of the molecule is CC(C)[C@H](C)NC(=O)c1cccc(OCc2cscn2)c1. The van der Waals surface area contributed by atoms with Crippen LogP contribution < -0.4 is 10.1 Å². The van der Waals surface area contributed by atoms with Gasteiger partial charge in [0, 0.05) is 17.0 Å². The first-order valence-electron chi connectivity index (χ1n) is 6.97. The molecule has 0 unspecified atom stereocenters. The Labute approximate surface area is 129 Å². The van der Waals surface area contributed by atoms with Crippen LogP contribution in [-0.2, 0) is 6.61 Å². The minimum atomic E-state index is -0.0738. The van der Waals surface area contributed by atoms with Crippen LogP contribution in [0.4, 0.5) is 0 Å². The molecule has 0 bridgehead atoms. The third-order valence-corrected chi connectivity index (χ3v) is 3.96. The average molecular weight is 304 g/mol. The summed E-state index contributed by atoms with van der Waals surface area (Å²) in [6, 6.07) is 7.35. The number of rotatable bonds is 6. The maximum Gasteiger partial charge on any atom is 0.251 e. The summed E-state index contributed by atoms with van der Waals surface area (Å²) in [7, 11) is 0. The molecule has 0 saturated heterocycles. The van der Waals surface area contributed by atoms with Crippen molar-refractivity contribution >= 4 is 17.2 Å². The summed E-state index contributed by atoms with van der Waals surface area (Å²) in [5.74, 6) is 1.00. The summed E-state index contributed by atoms with van der Waals surface area (Å²) in [6.07, 6.45) is 0. The number of carbonyl (C=O) groups excluding carboxylic acids is 1. The molecule has 0 saturated carbocycles. The molecule has 112 valence electrons. The molecule has 1 aromatic carbocycles. The van der Waals surface area contributed by atoms with Crippen molar-refractivity contribution in [1.82, 2.24) is 10.3 Å². The summed E-state index contributed by atoms with van der Waals surface area (Å²) in [5, 5.41) is 4.93. The summed E-state index contributed by atoms with van der Waals surface area (Å²) in [5.41, 5.74) is 3.28. The second kappa shape index (κ2) is 7.22. The minimum absolute atomic E-state index is 0.0738. The zero-order chi connectivity index (χ0) is 15.2. The topological polar surface area (TPSA) is 51.2 Å². The van der Waals surface area contributed by atoms with Gasteiger partial charge in [0.25, 0.3) is 5.91 Å². The zero-order valence-electron chi connectivity index (χ0n) is 12.5. The van der Waals surface area contributed by atoms with E-state index in [2.05, 4.69) is 24.1 Å². The number of amides is 1. The summed E-state index contributed by atoms with van der Waals surface area (Å²) >= 11 is 1.54. The van der Waals surface area contributed by atoms with Crippen LogP contribution in [0.3, 0.4) is 0 Å². The molecular weight excluding hydrogens is 284 g/mol. The monoisotopic (exact) mass is 304 g/mol. The maximum atomic E-state index is 12.2. The molecule has 4 nitrogen and oxygen atoms in total. The molecule has 1 amide bonds. The van der Waals surface area contributed by atoms with Gasteiger partial charge in [-0.05, 0) is 31.0 Å². The van der Waals surface area contributed by atoms with E-state index in [0.29, 0.717) is 23.8 Å². The van der Waals surface area contributed by atoms with E-state index in [4.69, 9.17) is 4.74 Å². The number of benzene rings is 1. The van der Waals surface area contributed by atoms with Crippen LogP contribution in [0.2, 0.25) is 0 Å². The van der Waals surface area contributed by atoms with E-state index in [1.165, 1.54) is 11.3 Å². The largest absolute Gasteiger partial charge is 0.487 e. The van der Waals surface area contributed by atoms with Gasteiger partial charge in [0.2, 0.25) is 0 Å². The molecule has 1 atom stereocenters. The Morgan fingerprint density at radius 1 is 1.38 bits per heavy atom. The number of thiazole rings is 1. The number of nitrogens with zero attached hydrogens (tertiary/aromatic N) is 1. The predicted octanol–water partition coefficient (Wildman–Crippen LogP) is 3.50. The van der Waals surface area contributed by atoms with Crippen LogP contribution in [0.25, 0.3) is 0 Å². The summed E-state index contributed by atoms with van der Waals surface area (Å²) in [4.78, 5) is 16.3. The van der Waals surface area contributed by atoms with E-state index in [0.717, 1.165) is 5.69 Å². The van der Waals surface area contributed by atoms with E-state index in [1.54, 1.807) is 17.6 Å². The fourth-order valence-electron chi connectivity index (χ4n) is 1.65. The van der Waals surface area contributed by atoms with Crippen molar-refractivity contribution in [2.45, 2.75) is 33.4 Å². The van der Waals surface area contributed by atoms with Crippen LogP contribution >= 0.6 is 11.3 Å². The fraction of sp³-hybridized carbons (Fsp3) is 0.375. The molecular formula is C16H20N2O2S. The molecule has 2 rings (SSSR count). The van der Waals surface area contributed by atoms with Crippen molar-refractivity contribution in [1.29, 1.82) is 0 Å². The Balaban J connectivity index is 1.98. The Kier molecular flexibility index (Phi) is 5.33. The summed E-state index contributed by atoms with van der Waals surface area (Å²) in [6.45, 7) is 6.58. The average Bonchev–Trinajstić information content (AvgIpc) is 2.98. The first kappa shape index (κ1) is 15.5. The lowest BCUT2D eigenvalue weighted by Gasteiger charge is -2.17. The van der Waals surface area contributed by atoms with Gasteiger partial charge in [0.15, 0.2) is 0 Å². The molecule has 1 heterocycles. The van der Waals surface area contributed by atoms with Crippen molar-refractivity contribution in [3.8, 4) is 5.75 Å². The Hall–Kier alpha value is -1.88. The molecule has 21 heavy (non-hydrogen) atoms. The molecule has 0 radical (unpaired) electrons. The van der Waals surface area contributed by atoms with Crippen LogP contribution in [-0.4, -0.2) is 16.9 Å². The van der Waals surface area contributed by atoms with E-state index in [1.807, 2.05) is 24.4 Å². The van der Waals surface area contributed by atoms with Gasteiger partial charge in [-0.25, -0.2) is 4.98 Å². The molecule has 0 spiro atoms. The molecule has 0 aliphatic rings. The zero-order valence-corrected chi connectivity index (χ0v) is 13.3. The number of hydrogen-bond acceptors (Lipinski definition) is 4. The molecule has 1 N–H and O–H groups in total. The number of carbonyl (C=O) groups is 1.